The highest BCUT2D eigenvalue weighted by Gasteiger charge is 2.47. The third kappa shape index (κ3) is 3.15. The van der Waals surface area contributed by atoms with Crippen LogP contribution < -0.4 is 10.5 Å². The Morgan fingerprint density at radius 2 is 1.94 bits per heavy atom. The van der Waals surface area contributed by atoms with Gasteiger partial charge >= 0.3 is 0 Å². The van der Waals surface area contributed by atoms with E-state index in [1.54, 1.807) is 19.1 Å². The molecular weight excluding hydrogens is 252 g/mol. The van der Waals surface area contributed by atoms with Crippen molar-refractivity contribution in [3.05, 3.63) is 29.8 Å². The van der Waals surface area contributed by atoms with Gasteiger partial charge in [-0.1, -0.05) is 12.1 Å². The van der Waals surface area contributed by atoms with E-state index in [2.05, 4.69) is 0 Å². The number of hydrogen-bond donors (Lipinski definition) is 1. The second kappa shape index (κ2) is 5.59. The van der Waals surface area contributed by atoms with E-state index < -0.39 is 5.54 Å². The first kappa shape index (κ1) is 14.8. The summed E-state index contributed by atoms with van der Waals surface area (Å²) >= 11 is 0. The predicted octanol–water partition coefficient (Wildman–Crippen LogP) is 1.57. The summed E-state index contributed by atoms with van der Waals surface area (Å²) in [6.45, 7) is 0.585. The molecule has 2 N–H and O–H groups in total. The van der Waals surface area contributed by atoms with Crippen LogP contribution in [0, 0.1) is 0 Å². The summed E-state index contributed by atoms with van der Waals surface area (Å²) < 4.78 is 5.09. The van der Waals surface area contributed by atoms with E-state index in [1.165, 1.54) is 0 Å². The third-order valence-corrected chi connectivity index (χ3v) is 3.14. The molecule has 1 aliphatic carbocycles. The third-order valence-electron chi connectivity index (χ3n) is 3.14. The van der Waals surface area contributed by atoms with Crippen molar-refractivity contribution in [3.8, 4) is 5.75 Å². The quantitative estimate of drug-likeness (QED) is 0.904. The number of nitrogens with two attached hydrogens (primary N) is 1. The minimum absolute atomic E-state index is 0. The fourth-order valence-electron chi connectivity index (χ4n) is 1.81. The van der Waals surface area contributed by atoms with Gasteiger partial charge in [-0.15, -0.1) is 12.4 Å². The molecule has 1 aliphatic rings. The molecule has 4 nitrogen and oxygen atoms in total. The van der Waals surface area contributed by atoms with Gasteiger partial charge in [0.15, 0.2) is 0 Å². The van der Waals surface area contributed by atoms with Crippen LogP contribution in [0.2, 0.25) is 0 Å². The Balaban J connectivity index is 0.00000162. The number of benzene rings is 1. The van der Waals surface area contributed by atoms with Crippen LogP contribution in [0.5, 0.6) is 5.75 Å². The Hall–Kier alpha value is -1.26. The first-order valence-electron chi connectivity index (χ1n) is 5.72. The Morgan fingerprint density at radius 1 is 1.39 bits per heavy atom. The fraction of sp³-hybridized carbons (Fsp3) is 0.462. The molecule has 0 spiro atoms. The summed E-state index contributed by atoms with van der Waals surface area (Å²) in [5.74, 6) is 0.855. The van der Waals surface area contributed by atoms with Crippen molar-refractivity contribution in [1.82, 2.24) is 4.90 Å². The zero-order chi connectivity index (χ0) is 12.5. The van der Waals surface area contributed by atoms with Gasteiger partial charge in [0, 0.05) is 13.6 Å². The van der Waals surface area contributed by atoms with Gasteiger partial charge in [-0.3, -0.25) is 4.79 Å². The molecule has 0 radical (unpaired) electrons. The average molecular weight is 271 g/mol. The number of halogens is 1. The smallest absolute Gasteiger partial charge is 0.242 e. The van der Waals surface area contributed by atoms with Crippen LogP contribution in [0.3, 0.4) is 0 Å². The molecule has 0 atom stereocenters. The lowest BCUT2D eigenvalue weighted by Gasteiger charge is -2.21. The van der Waals surface area contributed by atoms with Crippen LogP contribution in [0.4, 0.5) is 0 Å². The molecule has 2 rings (SSSR count). The molecule has 5 heteroatoms. The summed E-state index contributed by atoms with van der Waals surface area (Å²) in [4.78, 5) is 13.6. The van der Waals surface area contributed by atoms with Crippen molar-refractivity contribution in [2.45, 2.75) is 24.9 Å². The maximum atomic E-state index is 11.9. The molecule has 0 bridgehead atoms. The van der Waals surface area contributed by atoms with E-state index in [1.807, 2.05) is 24.3 Å². The summed E-state index contributed by atoms with van der Waals surface area (Å²) in [6.07, 6.45) is 1.61. The van der Waals surface area contributed by atoms with E-state index in [0.717, 1.165) is 24.2 Å². The van der Waals surface area contributed by atoms with Crippen LogP contribution in [-0.2, 0) is 11.3 Å². The molecule has 1 fully saturated rings. The number of rotatable bonds is 4. The van der Waals surface area contributed by atoms with Gasteiger partial charge in [0.25, 0.3) is 0 Å². The number of carbonyl (C=O) groups excluding carboxylic acids is 1. The number of carbonyl (C=O) groups is 1. The molecule has 1 aromatic carbocycles. The van der Waals surface area contributed by atoms with Crippen molar-refractivity contribution >= 4 is 18.3 Å². The first-order valence-corrected chi connectivity index (χ1v) is 5.72. The predicted molar refractivity (Wildman–Crippen MR) is 72.9 cm³/mol. The van der Waals surface area contributed by atoms with E-state index in [0.29, 0.717) is 6.54 Å². The van der Waals surface area contributed by atoms with Crippen molar-refractivity contribution in [1.29, 1.82) is 0 Å². The molecule has 1 aromatic rings. The molecule has 18 heavy (non-hydrogen) atoms. The second-order valence-corrected chi connectivity index (χ2v) is 4.67. The summed E-state index contributed by atoms with van der Waals surface area (Å²) in [5, 5.41) is 0. The molecular formula is C13H19ClN2O2. The number of likely N-dealkylation sites (N-methyl/N-ethyl adjacent to an activating group) is 1. The van der Waals surface area contributed by atoms with Gasteiger partial charge < -0.3 is 15.4 Å². The van der Waals surface area contributed by atoms with Crippen LogP contribution in [0.25, 0.3) is 0 Å². The number of amides is 1. The van der Waals surface area contributed by atoms with Crippen molar-refractivity contribution in [3.63, 3.8) is 0 Å². The summed E-state index contributed by atoms with van der Waals surface area (Å²) in [5.41, 5.74) is 6.37. The minimum Gasteiger partial charge on any atom is -0.497 e. The van der Waals surface area contributed by atoms with Crippen molar-refractivity contribution < 1.29 is 9.53 Å². The molecule has 0 saturated heterocycles. The number of hydrogen-bond acceptors (Lipinski definition) is 3. The standard InChI is InChI=1S/C13H18N2O2.ClH/c1-15(12(16)13(14)7-8-13)9-10-3-5-11(17-2)6-4-10;/h3-6H,7-9,14H2,1-2H3;1H. The van der Waals surface area contributed by atoms with Crippen molar-refractivity contribution in [2.24, 2.45) is 5.73 Å². The van der Waals surface area contributed by atoms with Crippen molar-refractivity contribution in [2.75, 3.05) is 14.2 Å². The fourth-order valence-corrected chi connectivity index (χ4v) is 1.81. The van der Waals surface area contributed by atoms with Crippen LogP contribution in [0.15, 0.2) is 24.3 Å². The lowest BCUT2D eigenvalue weighted by atomic mass is 10.2. The second-order valence-electron chi connectivity index (χ2n) is 4.67. The molecule has 0 unspecified atom stereocenters. The number of ether oxygens (including phenoxy) is 1. The highest BCUT2D eigenvalue weighted by atomic mass is 35.5. The molecule has 0 aliphatic heterocycles. The van der Waals surface area contributed by atoms with Gasteiger partial charge in [-0.25, -0.2) is 0 Å². The Labute approximate surface area is 114 Å². The molecule has 1 amide bonds. The molecule has 0 heterocycles. The van der Waals surface area contributed by atoms with Crippen LogP contribution in [-0.4, -0.2) is 30.5 Å². The van der Waals surface area contributed by atoms with E-state index >= 15 is 0 Å². The lowest BCUT2D eigenvalue weighted by molar-refractivity contribution is -0.132. The monoisotopic (exact) mass is 270 g/mol. The largest absolute Gasteiger partial charge is 0.497 e. The van der Waals surface area contributed by atoms with Gasteiger partial charge in [-0.05, 0) is 30.5 Å². The van der Waals surface area contributed by atoms with Gasteiger partial charge in [0.1, 0.15) is 5.75 Å². The van der Waals surface area contributed by atoms with Crippen LogP contribution >= 0.6 is 12.4 Å². The maximum Gasteiger partial charge on any atom is 0.242 e. The highest BCUT2D eigenvalue weighted by Crippen LogP contribution is 2.34. The molecule has 0 aromatic heterocycles. The molecule has 100 valence electrons. The minimum atomic E-state index is -0.582. The van der Waals surface area contributed by atoms with E-state index in [-0.39, 0.29) is 18.3 Å². The topological polar surface area (TPSA) is 55.6 Å². The summed E-state index contributed by atoms with van der Waals surface area (Å²) in [6, 6.07) is 7.70. The Bertz CT molecular complexity index is 416. The lowest BCUT2D eigenvalue weighted by Crippen LogP contribution is -2.43. The van der Waals surface area contributed by atoms with E-state index in [4.69, 9.17) is 10.5 Å². The van der Waals surface area contributed by atoms with Gasteiger partial charge in [0.2, 0.25) is 5.91 Å². The highest BCUT2D eigenvalue weighted by molar-refractivity contribution is 5.88. The zero-order valence-electron chi connectivity index (χ0n) is 10.7. The number of methoxy groups -OCH3 is 1. The molecule has 1 saturated carbocycles. The average Bonchev–Trinajstić information content (AvgIpc) is 3.08. The SMILES string of the molecule is COc1ccc(CN(C)C(=O)C2(N)CC2)cc1.Cl. The van der Waals surface area contributed by atoms with E-state index in [9.17, 15) is 4.79 Å². The van der Waals surface area contributed by atoms with Gasteiger partial charge in [-0.2, -0.15) is 0 Å². The number of nitrogens with zero attached hydrogens (tertiary/aromatic N) is 1. The first-order chi connectivity index (χ1) is 8.05. The van der Waals surface area contributed by atoms with Crippen LogP contribution in [0.1, 0.15) is 18.4 Å². The maximum absolute atomic E-state index is 11.9. The van der Waals surface area contributed by atoms with Gasteiger partial charge in [0.05, 0.1) is 12.6 Å². The zero-order valence-corrected chi connectivity index (χ0v) is 11.5. The Kier molecular flexibility index (Phi) is 4.59. The Morgan fingerprint density at radius 3 is 2.39 bits per heavy atom. The normalized spacial score (nSPS) is 15.5. The summed E-state index contributed by atoms with van der Waals surface area (Å²) in [7, 11) is 3.43.